The molecule has 2 rings (SSSR count). The van der Waals surface area contributed by atoms with Crippen LogP contribution in [0.4, 0.5) is 4.39 Å². The number of benzene rings is 1. The first-order chi connectivity index (χ1) is 8.22. The smallest absolute Gasteiger partial charge is 0.253 e. The lowest BCUT2D eigenvalue weighted by Gasteiger charge is -2.49. The molecule has 0 spiro atoms. The molecular formula is C13H18FNO2Si. The van der Waals surface area contributed by atoms with E-state index in [1.165, 1.54) is 12.1 Å². The lowest BCUT2D eigenvalue weighted by Crippen LogP contribution is -2.68. The van der Waals surface area contributed by atoms with E-state index >= 15 is 0 Å². The zero-order valence-corrected chi connectivity index (χ0v) is 12.1. The molecule has 1 fully saturated rings. The van der Waals surface area contributed by atoms with Crippen molar-refractivity contribution >= 4 is 14.2 Å². The van der Waals surface area contributed by atoms with Crippen LogP contribution in [0.3, 0.4) is 0 Å². The van der Waals surface area contributed by atoms with Crippen molar-refractivity contribution in [3.05, 3.63) is 35.6 Å². The highest BCUT2D eigenvalue weighted by Crippen LogP contribution is 2.39. The molecule has 0 bridgehead atoms. The van der Waals surface area contributed by atoms with Crippen molar-refractivity contribution in [2.75, 3.05) is 0 Å². The minimum absolute atomic E-state index is 0.0979. The van der Waals surface area contributed by atoms with Crippen molar-refractivity contribution in [1.29, 1.82) is 0 Å². The SMILES string of the molecule is CC1(O[Si](C)(C)C)C(=O)NC1c1ccc(F)cc1. The third kappa shape index (κ3) is 2.33. The summed E-state index contributed by atoms with van der Waals surface area (Å²) in [7, 11) is -1.82. The van der Waals surface area contributed by atoms with E-state index in [0.29, 0.717) is 0 Å². The Balaban J connectivity index is 2.24. The topological polar surface area (TPSA) is 38.3 Å². The van der Waals surface area contributed by atoms with Gasteiger partial charge in [-0.15, -0.1) is 0 Å². The van der Waals surface area contributed by atoms with Crippen molar-refractivity contribution in [3.63, 3.8) is 0 Å². The average Bonchev–Trinajstić information content (AvgIpc) is 2.25. The largest absolute Gasteiger partial charge is 0.402 e. The number of carbonyl (C=O) groups excluding carboxylic acids is 1. The fraction of sp³-hybridized carbons (Fsp3) is 0.462. The van der Waals surface area contributed by atoms with E-state index in [4.69, 9.17) is 4.43 Å². The van der Waals surface area contributed by atoms with Gasteiger partial charge in [-0.25, -0.2) is 4.39 Å². The third-order valence-corrected chi connectivity index (χ3v) is 4.04. The molecule has 1 aromatic carbocycles. The summed E-state index contributed by atoms with van der Waals surface area (Å²) in [6, 6.07) is 5.97. The van der Waals surface area contributed by atoms with E-state index in [2.05, 4.69) is 5.32 Å². The quantitative estimate of drug-likeness (QED) is 0.675. The summed E-state index contributed by atoms with van der Waals surface area (Å²) in [5, 5.41) is 2.83. The summed E-state index contributed by atoms with van der Waals surface area (Å²) in [5.74, 6) is -0.378. The van der Waals surface area contributed by atoms with Gasteiger partial charge in [0, 0.05) is 0 Å². The molecule has 0 aromatic heterocycles. The Morgan fingerprint density at radius 1 is 1.28 bits per heavy atom. The molecule has 0 saturated carbocycles. The Labute approximate surface area is 107 Å². The maximum Gasteiger partial charge on any atom is 0.253 e. The number of β-lactam (4-membered cyclic amide) rings is 1. The molecule has 1 N–H and O–H groups in total. The number of nitrogens with one attached hydrogen (secondary N) is 1. The van der Waals surface area contributed by atoms with Gasteiger partial charge in [0.1, 0.15) is 5.82 Å². The summed E-state index contributed by atoms with van der Waals surface area (Å²) in [6.07, 6.45) is 0. The third-order valence-electron chi connectivity index (χ3n) is 3.00. The van der Waals surface area contributed by atoms with Gasteiger partial charge < -0.3 is 9.74 Å². The van der Waals surface area contributed by atoms with E-state index < -0.39 is 13.9 Å². The Bertz CT molecular complexity index is 469. The molecule has 1 aliphatic rings. The highest BCUT2D eigenvalue weighted by atomic mass is 28.4. The van der Waals surface area contributed by atoms with Gasteiger partial charge in [0.15, 0.2) is 13.9 Å². The minimum atomic E-state index is -1.82. The number of hydrogen-bond acceptors (Lipinski definition) is 2. The fourth-order valence-corrected chi connectivity index (χ4v) is 3.75. The van der Waals surface area contributed by atoms with Crippen molar-refractivity contribution in [2.45, 2.75) is 38.2 Å². The van der Waals surface area contributed by atoms with Crippen LogP contribution in [-0.4, -0.2) is 19.8 Å². The average molecular weight is 267 g/mol. The molecule has 3 nitrogen and oxygen atoms in total. The zero-order chi connectivity index (χ0) is 13.6. The van der Waals surface area contributed by atoms with Gasteiger partial charge in [-0.3, -0.25) is 4.79 Å². The fourth-order valence-electron chi connectivity index (χ4n) is 2.26. The number of halogens is 1. The van der Waals surface area contributed by atoms with Crippen molar-refractivity contribution in [1.82, 2.24) is 5.32 Å². The van der Waals surface area contributed by atoms with E-state index in [1.807, 2.05) is 19.6 Å². The number of rotatable bonds is 3. The van der Waals surface area contributed by atoms with Crippen LogP contribution in [0.15, 0.2) is 24.3 Å². The normalized spacial score (nSPS) is 27.6. The van der Waals surface area contributed by atoms with E-state index in [1.54, 1.807) is 19.1 Å². The van der Waals surface area contributed by atoms with E-state index in [0.717, 1.165) is 5.56 Å². The molecule has 1 saturated heterocycles. The van der Waals surface area contributed by atoms with Crippen molar-refractivity contribution < 1.29 is 13.6 Å². The molecule has 18 heavy (non-hydrogen) atoms. The zero-order valence-electron chi connectivity index (χ0n) is 11.1. The molecule has 5 heteroatoms. The lowest BCUT2D eigenvalue weighted by atomic mass is 9.82. The van der Waals surface area contributed by atoms with Gasteiger partial charge in [-0.05, 0) is 44.3 Å². The predicted octanol–water partition coefficient (Wildman–Crippen LogP) is 2.61. The van der Waals surface area contributed by atoms with Crippen LogP contribution >= 0.6 is 0 Å². The highest BCUT2D eigenvalue weighted by Gasteiger charge is 2.54. The summed E-state index contributed by atoms with van der Waals surface area (Å²) >= 11 is 0. The Morgan fingerprint density at radius 2 is 1.83 bits per heavy atom. The summed E-state index contributed by atoms with van der Waals surface area (Å²) in [6.45, 7) is 7.95. The predicted molar refractivity (Wildman–Crippen MR) is 70.1 cm³/mol. The Kier molecular flexibility index (Phi) is 3.07. The van der Waals surface area contributed by atoms with Crippen LogP contribution in [0, 0.1) is 5.82 Å². The van der Waals surface area contributed by atoms with Crippen molar-refractivity contribution in [2.24, 2.45) is 0 Å². The Morgan fingerprint density at radius 3 is 2.28 bits per heavy atom. The summed E-state index contributed by atoms with van der Waals surface area (Å²) in [4.78, 5) is 11.8. The van der Waals surface area contributed by atoms with Gasteiger partial charge >= 0.3 is 0 Å². The van der Waals surface area contributed by atoms with Gasteiger partial charge in [0.25, 0.3) is 5.91 Å². The van der Waals surface area contributed by atoms with Crippen LogP contribution in [0.25, 0.3) is 0 Å². The summed E-state index contributed by atoms with van der Waals surface area (Å²) in [5.41, 5.74) is 0.0409. The summed E-state index contributed by atoms with van der Waals surface area (Å²) < 4.78 is 18.9. The number of hydrogen-bond donors (Lipinski definition) is 1. The highest BCUT2D eigenvalue weighted by molar-refractivity contribution is 6.70. The first-order valence-electron chi connectivity index (χ1n) is 5.99. The van der Waals surface area contributed by atoms with E-state index in [-0.39, 0.29) is 17.8 Å². The maximum atomic E-state index is 12.9. The molecular weight excluding hydrogens is 249 g/mol. The molecule has 1 aliphatic heterocycles. The Hall–Kier alpha value is -1.20. The van der Waals surface area contributed by atoms with Crippen LogP contribution in [0.2, 0.25) is 19.6 Å². The van der Waals surface area contributed by atoms with Crippen molar-refractivity contribution in [3.8, 4) is 0 Å². The lowest BCUT2D eigenvalue weighted by molar-refractivity contribution is -0.155. The van der Waals surface area contributed by atoms with E-state index in [9.17, 15) is 9.18 Å². The second kappa shape index (κ2) is 4.17. The van der Waals surface area contributed by atoms with Crippen LogP contribution in [0.5, 0.6) is 0 Å². The molecule has 2 atom stereocenters. The molecule has 1 aromatic rings. The van der Waals surface area contributed by atoms with Crippen LogP contribution < -0.4 is 5.32 Å². The second-order valence-electron chi connectivity index (χ2n) is 5.78. The number of carbonyl (C=O) groups is 1. The van der Waals surface area contributed by atoms with Gasteiger partial charge in [-0.1, -0.05) is 12.1 Å². The first kappa shape index (κ1) is 13.2. The van der Waals surface area contributed by atoms with Crippen LogP contribution in [0.1, 0.15) is 18.5 Å². The van der Waals surface area contributed by atoms with Gasteiger partial charge in [0.05, 0.1) is 6.04 Å². The van der Waals surface area contributed by atoms with Gasteiger partial charge in [0.2, 0.25) is 0 Å². The molecule has 0 aliphatic carbocycles. The van der Waals surface area contributed by atoms with Crippen LogP contribution in [-0.2, 0) is 9.22 Å². The number of amides is 1. The standard InChI is InChI=1S/C13H18FNO2Si/c1-13(17-18(2,3)4)11(15-12(13)16)9-5-7-10(14)8-6-9/h5-8,11H,1-4H3,(H,15,16). The molecule has 0 radical (unpaired) electrons. The molecule has 1 amide bonds. The molecule has 2 unspecified atom stereocenters. The second-order valence-corrected chi connectivity index (χ2v) is 10.2. The maximum absolute atomic E-state index is 12.9. The first-order valence-corrected chi connectivity index (χ1v) is 9.40. The molecule has 1 heterocycles. The van der Waals surface area contributed by atoms with Gasteiger partial charge in [-0.2, -0.15) is 0 Å². The molecule has 98 valence electrons. The minimum Gasteiger partial charge on any atom is -0.402 e. The monoisotopic (exact) mass is 267 g/mol.